The Hall–Kier alpha value is -4.65. The summed E-state index contributed by atoms with van der Waals surface area (Å²) >= 11 is 0.789. The molecular formula is C21H16N4O8S. The number of non-ortho nitro benzene ring substituents is 2. The summed E-state index contributed by atoms with van der Waals surface area (Å²) in [5, 5.41) is 27.3. The number of amides is 2. The standard InChI is InChI=1S/C21H16N4O8S/c1-11-16(21(28)33-2)20(34-17(11)19(27)22-13-6-4-3-5-7-13)23-18(26)12-8-14(24(29)30)10-15(9-12)25(31)32/h3-10H,1-2H3,(H,22,27)(H,23,26). The second kappa shape index (κ2) is 9.87. The first-order valence-corrected chi connectivity index (χ1v) is 10.3. The minimum atomic E-state index is -0.951. The van der Waals surface area contributed by atoms with Crippen molar-refractivity contribution in [3.8, 4) is 0 Å². The number of anilines is 2. The second-order valence-corrected chi connectivity index (χ2v) is 7.80. The van der Waals surface area contributed by atoms with Gasteiger partial charge in [-0.25, -0.2) is 4.79 Å². The molecule has 34 heavy (non-hydrogen) atoms. The number of benzene rings is 2. The first-order valence-electron chi connectivity index (χ1n) is 9.45. The van der Waals surface area contributed by atoms with Gasteiger partial charge in [-0.2, -0.15) is 0 Å². The van der Waals surface area contributed by atoms with Crippen molar-refractivity contribution < 1.29 is 29.0 Å². The number of methoxy groups -OCH3 is 1. The Balaban J connectivity index is 1.99. The van der Waals surface area contributed by atoms with Gasteiger partial charge in [0.05, 0.1) is 39.0 Å². The van der Waals surface area contributed by atoms with E-state index in [2.05, 4.69) is 10.6 Å². The summed E-state index contributed by atoms with van der Waals surface area (Å²) in [5.74, 6) is -2.31. The van der Waals surface area contributed by atoms with Gasteiger partial charge in [-0.15, -0.1) is 11.3 Å². The lowest BCUT2D eigenvalue weighted by atomic mass is 10.1. The maximum absolute atomic E-state index is 12.8. The third-order valence-electron chi connectivity index (χ3n) is 4.59. The number of nitro benzene ring substituents is 2. The quantitative estimate of drug-likeness (QED) is 0.286. The Labute approximate surface area is 195 Å². The molecule has 0 saturated heterocycles. The number of esters is 1. The predicted molar refractivity (Wildman–Crippen MR) is 122 cm³/mol. The normalized spacial score (nSPS) is 10.3. The van der Waals surface area contributed by atoms with Crippen LogP contribution in [0.25, 0.3) is 0 Å². The Morgan fingerprint density at radius 1 is 0.912 bits per heavy atom. The lowest BCUT2D eigenvalue weighted by Gasteiger charge is -2.06. The van der Waals surface area contributed by atoms with Gasteiger partial charge in [0.15, 0.2) is 0 Å². The highest BCUT2D eigenvalue weighted by molar-refractivity contribution is 7.19. The summed E-state index contributed by atoms with van der Waals surface area (Å²) in [6, 6.07) is 11.0. The van der Waals surface area contributed by atoms with E-state index in [0.717, 1.165) is 36.6 Å². The molecule has 2 amide bonds. The highest BCUT2D eigenvalue weighted by atomic mass is 32.1. The Morgan fingerprint density at radius 3 is 2.03 bits per heavy atom. The van der Waals surface area contributed by atoms with Crippen LogP contribution < -0.4 is 10.6 Å². The minimum absolute atomic E-state index is 0.0540. The predicted octanol–water partition coefficient (Wildman–Crippen LogP) is 4.16. The number of hydrogen-bond donors (Lipinski definition) is 2. The molecule has 0 spiro atoms. The van der Waals surface area contributed by atoms with E-state index < -0.39 is 39.0 Å². The largest absolute Gasteiger partial charge is 0.465 e. The number of para-hydroxylation sites is 1. The number of carbonyl (C=O) groups is 3. The molecule has 1 heterocycles. The van der Waals surface area contributed by atoms with Gasteiger partial charge in [0.25, 0.3) is 23.2 Å². The van der Waals surface area contributed by atoms with Gasteiger partial charge >= 0.3 is 5.97 Å². The minimum Gasteiger partial charge on any atom is -0.465 e. The van der Waals surface area contributed by atoms with Gasteiger partial charge in [-0.3, -0.25) is 29.8 Å². The highest BCUT2D eigenvalue weighted by Crippen LogP contribution is 2.35. The zero-order valence-corrected chi connectivity index (χ0v) is 18.5. The van der Waals surface area contributed by atoms with Crippen LogP contribution in [-0.2, 0) is 4.74 Å². The van der Waals surface area contributed by atoms with Crippen LogP contribution in [0.1, 0.15) is 36.0 Å². The van der Waals surface area contributed by atoms with Gasteiger partial charge < -0.3 is 15.4 Å². The monoisotopic (exact) mass is 484 g/mol. The molecule has 0 unspecified atom stereocenters. The average molecular weight is 484 g/mol. The van der Waals surface area contributed by atoms with Crippen molar-refractivity contribution in [3.05, 3.63) is 90.3 Å². The van der Waals surface area contributed by atoms with Gasteiger partial charge in [0.1, 0.15) is 5.00 Å². The number of nitro groups is 2. The molecule has 13 heteroatoms. The fourth-order valence-electron chi connectivity index (χ4n) is 2.99. The summed E-state index contributed by atoms with van der Waals surface area (Å²) < 4.78 is 4.76. The molecule has 0 bridgehead atoms. The van der Waals surface area contributed by atoms with Crippen LogP contribution in [0.4, 0.5) is 22.1 Å². The highest BCUT2D eigenvalue weighted by Gasteiger charge is 2.28. The van der Waals surface area contributed by atoms with Crippen LogP contribution in [0.15, 0.2) is 48.5 Å². The molecule has 0 atom stereocenters. The second-order valence-electron chi connectivity index (χ2n) is 6.78. The maximum Gasteiger partial charge on any atom is 0.341 e. The first-order chi connectivity index (χ1) is 16.1. The van der Waals surface area contributed by atoms with Gasteiger partial charge in [-0.1, -0.05) is 18.2 Å². The van der Waals surface area contributed by atoms with Crippen molar-refractivity contribution in [1.82, 2.24) is 0 Å². The molecule has 0 aliphatic heterocycles. The molecule has 0 saturated carbocycles. The van der Waals surface area contributed by atoms with Crippen LogP contribution in [0, 0.1) is 27.2 Å². The van der Waals surface area contributed by atoms with E-state index in [-0.39, 0.29) is 26.6 Å². The number of carbonyl (C=O) groups excluding carboxylic acids is 3. The number of nitrogens with zero attached hydrogens (tertiary/aromatic N) is 2. The van der Waals surface area contributed by atoms with E-state index in [4.69, 9.17) is 4.74 Å². The average Bonchev–Trinajstić information content (AvgIpc) is 3.14. The van der Waals surface area contributed by atoms with E-state index in [1.807, 2.05) is 0 Å². The molecular weight excluding hydrogens is 468 g/mol. The molecule has 2 aromatic carbocycles. The molecule has 2 N–H and O–H groups in total. The Morgan fingerprint density at radius 2 is 1.50 bits per heavy atom. The van der Waals surface area contributed by atoms with Gasteiger partial charge in [0, 0.05) is 17.8 Å². The van der Waals surface area contributed by atoms with Crippen LogP contribution in [0.5, 0.6) is 0 Å². The Bertz CT molecular complexity index is 1290. The third kappa shape index (κ3) is 5.05. The molecule has 0 aliphatic rings. The van der Waals surface area contributed by atoms with E-state index in [9.17, 15) is 34.6 Å². The van der Waals surface area contributed by atoms with E-state index >= 15 is 0 Å². The zero-order valence-electron chi connectivity index (χ0n) is 17.7. The topological polar surface area (TPSA) is 171 Å². The number of thiophene rings is 1. The summed E-state index contributed by atoms with van der Waals surface area (Å²) in [7, 11) is 1.12. The fourth-order valence-corrected chi connectivity index (χ4v) is 4.07. The smallest absolute Gasteiger partial charge is 0.341 e. The number of hydrogen-bond acceptors (Lipinski definition) is 9. The van der Waals surface area contributed by atoms with Crippen molar-refractivity contribution in [2.24, 2.45) is 0 Å². The lowest BCUT2D eigenvalue weighted by molar-refractivity contribution is -0.394. The summed E-state index contributed by atoms with van der Waals surface area (Å²) in [6.45, 7) is 1.50. The van der Waals surface area contributed by atoms with Crippen molar-refractivity contribution in [1.29, 1.82) is 0 Å². The molecule has 12 nitrogen and oxygen atoms in total. The third-order valence-corrected chi connectivity index (χ3v) is 5.79. The summed E-state index contributed by atoms with van der Waals surface area (Å²) in [6.07, 6.45) is 0. The molecule has 3 aromatic rings. The van der Waals surface area contributed by atoms with Crippen LogP contribution in [-0.4, -0.2) is 34.7 Å². The van der Waals surface area contributed by atoms with E-state index in [1.54, 1.807) is 30.3 Å². The van der Waals surface area contributed by atoms with Crippen molar-refractivity contribution >= 4 is 51.2 Å². The molecule has 174 valence electrons. The van der Waals surface area contributed by atoms with E-state index in [0.29, 0.717) is 5.69 Å². The summed E-state index contributed by atoms with van der Waals surface area (Å²) in [5.41, 5.74) is -1.02. The SMILES string of the molecule is COC(=O)c1c(NC(=O)c2cc([N+](=O)[O-])cc([N+](=O)[O-])c2)sc(C(=O)Nc2ccccc2)c1C. The van der Waals surface area contributed by atoms with Crippen molar-refractivity contribution in [3.63, 3.8) is 0 Å². The van der Waals surface area contributed by atoms with Crippen LogP contribution in [0.2, 0.25) is 0 Å². The first kappa shape index (κ1) is 24.0. The van der Waals surface area contributed by atoms with Crippen molar-refractivity contribution in [2.75, 3.05) is 17.7 Å². The molecule has 0 aliphatic carbocycles. The fraction of sp³-hybridized carbons (Fsp3) is 0.0952. The van der Waals surface area contributed by atoms with E-state index in [1.165, 1.54) is 6.92 Å². The van der Waals surface area contributed by atoms with Gasteiger partial charge in [0.2, 0.25) is 0 Å². The Kier molecular flexibility index (Phi) is 6.97. The van der Waals surface area contributed by atoms with Crippen LogP contribution >= 0.6 is 11.3 Å². The molecule has 0 fully saturated rings. The number of nitrogens with one attached hydrogen (secondary N) is 2. The van der Waals surface area contributed by atoms with Crippen molar-refractivity contribution in [2.45, 2.75) is 6.92 Å². The molecule has 0 radical (unpaired) electrons. The van der Waals surface area contributed by atoms with Crippen LogP contribution in [0.3, 0.4) is 0 Å². The number of rotatable bonds is 7. The lowest BCUT2D eigenvalue weighted by Crippen LogP contribution is -2.15. The van der Waals surface area contributed by atoms with Gasteiger partial charge in [-0.05, 0) is 24.6 Å². The molecule has 1 aromatic heterocycles. The number of ether oxygens (including phenoxy) is 1. The molecule has 3 rings (SSSR count). The summed E-state index contributed by atoms with van der Waals surface area (Å²) in [4.78, 5) is 58.6. The maximum atomic E-state index is 12.8. The zero-order chi connectivity index (χ0) is 25.0.